The van der Waals surface area contributed by atoms with Crippen molar-refractivity contribution in [3.05, 3.63) is 120 Å². The number of carbonyl (C=O) groups excluding carboxylic acids is 2. The quantitative estimate of drug-likeness (QED) is 0.363. The molecule has 4 aromatic carbocycles. The lowest BCUT2D eigenvalue weighted by molar-refractivity contribution is 0.0994. The summed E-state index contributed by atoms with van der Waals surface area (Å²) in [5.41, 5.74) is 3.43. The van der Waals surface area contributed by atoms with Gasteiger partial charge in [0.15, 0.2) is 5.78 Å². The zero-order valence-corrected chi connectivity index (χ0v) is 19.0. The Kier molecular flexibility index (Phi) is 6.96. The lowest BCUT2D eigenvalue weighted by atomic mass is 10.0. The number of amides is 1. The summed E-state index contributed by atoms with van der Waals surface area (Å²) in [4.78, 5) is 24.7. The van der Waals surface area contributed by atoms with Crippen LogP contribution in [-0.2, 0) is 10.0 Å². The first-order valence-electron chi connectivity index (χ1n) is 10.6. The molecule has 4 rings (SSSR count). The number of carbonyl (C=O) groups is 2. The van der Waals surface area contributed by atoms with Crippen molar-refractivity contribution in [1.82, 2.24) is 4.72 Å². The van der Waals surface area contributed by atoms with Crippen LogP contribution in [-0.4, -0.2) is 26.7 Å². The van der Waals surface area contributed by atoms with E-state index in [-0.39, 0.29) is 23.1 Å². The molecule has 0 saturated carbocycles. The number of anilines is 1. The maximum absolute atomic E-state index is 12.6. The van der Waals surface area contributed by atoms with Gasteiger partial charge in [0.25, 0.3) is 5.91 Å². The van der Waals surface area contributed by atoms with E-state index in [0.29, 0.717) is 16.8 Å². The van der Waals surface area contributed by atoms with Gasteiger partial charge in [0.05, 0.1) is 11.4 Å². The van der Waals surface area contributed by atoms with Gasteiger partial charge in [-0.1, -0.05) is 72.8 Å². The van der Waals surface area contributed by atoms with Gasteiger partial charge in [-0.05, 0) is 47.5 Å². The van der Waals surface area contributed by atoms with Crippen LogP contribution in [0.3, 0.4) is 0 Å². The molecule has 0 aliphatic heterocycles. The molecule has 0 aromatic heterocycles. The number of benzene rings is 4. The SMILES string of the molecule is O=C(CNS(=O)(=O)c1ccc(NC(=O)c2ccc(-c3ccccc3)cc2)cc1)c1ccccc1. The van der Waals surface area contributed by atoms with Crippen LogP contribution in [0.1, 0.15) is 20.7 Å². The molecule has 4 aromatic rings. The van der Waals surface area contributed by atoms with Crippen molar-refractivity contribution in [2.75, 3.05) is 11.9 Å². The maximum Gasteiger partial charge on any atom is 0.255 e. The van der Waals surface area contributed by atoms with Crippen molar-refractivity contribution >= 4 is 27.4 Å². The topological polar surface area (TPSA) is 92.3 Å². The average molecular weight is 471 g/mol. The predicted molar refractivity (Wildman–Crippen MR) is 132 cm³/mol. The third-order valence-electron chi connectivity index (χ3n) is 5.20. The van der Waals surface area contributed by atoms with Crippen molar-refractivity contribution in [3.8, 4) is 11.1 Å². The van der Waals surface area contributed by atoms with Gasteiger partial charge in [0.1, 0.15) is 0 Å². The summed E-state index contributed by atoms with van der Waals surface area (Å²) in [7, 11) is -3.88. The van der Waals surface area contributed by atoms with E-state index in [0.717, 1.165) is 11.1 Å². The highest BCUT2D eigenvalue weighted by Crippen LogP contribution is 2.20. The summed E-state index contributed by atoms with van der Waals surface area (Å²) >= 11 is 0. The van der Waals surface area contributed by atoms with Gasteiger partial charge < -0.3 is 5.32 Å². The summed E-state index contributed by atoms with van der Waals surface area (Å²) in [5, 5.41) is 2.76. The van der Waals surface area contributed by atoms with E-state index in [1.54, 1.807) is 42.5 Å². The summed E-state index contributed by atoms with van der Waals surface area (Å²) < 4.78 is 27.4. The normalized spacial score (nSPS) is 11.1. The van der Waals surface area contributed by atoms with Crippen molar-refractivity contribution in [1.29, 1.82) is 0 Å². The number of hydrogen-bond donors (Lipinski definition) is 2. The summed E-state index contributed by atoms with van der Waals surface area (Å²) in [6.45, 7) is -0.343. The van der Waals surface area contributed by atoms with E-state index in [2.05, 4.69) is 10.0 Å². The van der Waals surface area contributed by atoms with Gasteiger partial charge in [-0.15, -0.1) is 0 Å². The van der Waals surface area contributed by atoms with Crippen LogP contribution in [0, 0.1) is 0 Å². The molecule has 0 heterocycles. The molecule has 34 heavy (non-hydrogen) atoms. The van der Waals surface area contributed by atoms with Crippen molar-refractivity contribution < 1.29 is 18.0 Å². The van der Waals surface area contributed by atoms with Gasteiger partial charge in [0, 0.05) is 16.8 Å². The van der Waals surface area contributed by atoms with Crippen LogP contribution in [0.4, 0.5) is 5.69 Å². The van der Waals surface area contributed by atoms with E-state index < -0.39 is 10.0 Å². The van der Waals surface area contributed by atoms with Crippen LogP contribution in [0.2, 0.25) is 0 Å². The molecule has 0 spiro atoms. The molecule has 6 nitrogen and oxygen atoms in total. The molecule has 2 N–H and O–H groups in total. The maximum atomic E-state index is 12.6. The fourth-order valence-corrected chi connectivity index (χ4v) is 4.32. The van der Waals surface area contributed by atoms with Gasteiger partial charge >= 0.3 is 0 Å². The number of ketones is 1. The fraction of sp³-hybridized carbons (Fsp3) is 0.0370. The number of sulfonamides is 1. The van der Waals surface area contributed by atoms with E-state index in [9.17, 15) is 18.0 Å². The highest BCUT2D eigenvalue weighted by Gasteiger charge is 2.16. The van der Waals surface area contributed by atoms with E-state index in [1.165, 1.54) is 24.3 Å². The summed E-state index contributed by atoms with van der Waals surface area (Å²) in [5.74, 6) is -0.631. The first-order chi connectivity index (χ1) is 16.4. The monoisotopic (exact) mass is 470 g/mol. The summed E-state index contributed by atoms with van der Waals surface area (Å²) in [6, 6.07) is 31.3. The Labute approximate surface area is 198 Å². The number of Topliss-reactive ketones (excluding diaryl/α,β-unsaturated/α-hetero) is 1. The highest BCUT2D eigenvalue weighted by atomic mass is 32.2. The first-order valence-corrected chi connectivity index (χ1v) is 12.1. The van der Waals surface area contributed by atoms with E-state index >= 15 is 0 Å². The zero-order chi connectivity index (χ0) is 24.0. The Morgan fingerprint density at radius 1 is 0.618 bits per heavy atom. The standard InChI is InChI=1S/C27H22N2O4S/c30-26(22-9-5-2-6-10-22)19-28-34(32,33)25-17-15-24(16-18-25)29-27(31)23-13-11-21(12-14-23)20-7-3-1-4-8-20/h1-18,28H,19H2,(H,29,31). The molecule has 0 bridgehead atoms. The number of hydrogen-bond acceptors (Lipinski definition) is 4. The van der Waals surface area contributed by atoms with Crippen LogP contribution in [0.25, 0.3) is 11.1 Å². The zero-order valence-electron chi connectivity index (χ0n) is 18.1. The van der Waals surface area contributed by atoms with Crippen molar-refractivity contribution in [2.24, 2.45) is 0 Å². The average Bonchev–Trinajstić information content (AvgIpc) is 2.89. The Hall–Kier alpha value is -4.07. The molecule has 7 heteroatoms. The molecule has 0 fully saturated rings. The molecule has 0 unspecified atom stereocenters. The van der Waals surface area contributed by atoms with Crippen molar-refractivity contribution in [2.45, 2.75) is 4.90 Å². The minimum absolute atomic E-state index is 0.00132. The second-order valence-corrected chi connectivity index (χ2v) is 9.30. The van der Waals surface area contributed by atoms with Crippen LogP contribution < -0.4 is 10.0 Å². The minimum atomic E-state index is -3.88. The minimum Gasteiger partial charge on any atom is -0.322 e. The molecular formula is C27H22N2O4S. The van der Waals surface area contributed by atoms with Gasteiger partial charge in [-0.25, -0.2) is 13.1 Å². The fourth-order valence-electron chi connectivity index (χ4n) is 3.34. The van der Waals surface area contributed by atoms with Crippen molar-refractivity contribution in [3.63, 3.8) is 0 Å². The Morgan fingerprint density at radius 3 is 1.79 bits per heavy atom. The second-order valence-electron chi connectivity index (χ2n) is 7.54. The Bertz CT molecular complexity index is 1380. The highest BCUT2D eigenvalue weighted by molar-refractivity contribution is 7.89. The van der Waals surface area contributed by atoms with E-state index in [4.69, 9.17) is 0 Å². The molecule has 0 aliphatic carbocycles. The third-order valence-corrected chi connectivity index (χ3v) is 6.61. The molecular weight excluding hydrogens is 448 g/mol. The molecule has 0 aliphatic rings. The Balaban J connectivity index is 1.37. The van der Waals surface area contributed by atoms with Gasteiger partial charge in [0.2, 0.25) is 10.0 Å². The number of rotatable bonds is 8. The molecule has 170 valence electrons. The first kappa shape index (κ1) is 23.1. The second kappa shape index (κ2) is 10.2. The third kappa shape index (κ3) is 5.64. The summed E-state index contributed by atoms with van der Waals surface area (Å²) in [6.07, 6.45) is 0. The largest absolute Gasteiger partial charge is 0.322 e. The number of nitrogens with one attached hydrogen (secondary N) is 2. The molecule has 0 saturated heterocycles. The van der Waals surface area contributed by atoms with Gasteiger partial charge in [-0.3, -0.25) is 9.59 Å². The van der Waals surface area contributed by atoms with Crippen LogP contribution >= 0.6 is 0 Å². The lowest BCUT2D eigenvalue weighted by Crippen LogP contribution is -2.29. The van der Waals surface area contributed by atoms with Crippen LogP contribution in [0.15, 0.2) is 114 Å². The lowest BCUT2D eigenvalue weighted by Gasteiger charge is -2.09. The van der Waals surface area contributed by atoms with E-state index in [1.807, 2.05) is 42.5 Å². The molecule has 1 amide bonds. The predicted octanol–water partition coefficient (Wildman–Crippen LogP) is 4.77. The Morgan fingerprint density at radius 2 is 1.18 bits per heavy atom. The molecule has 0 radical (unpaired) electrons. The van der Waals surface area contributed by atoms with Crippen LogP contribution in [0.5, 0.6) is 0 Å². The molecule has 0 atom stereocenters. The smallest absolute Gasteiger partial charge is 0.255 e. The van der Waals surface area contributed by atoms with Gasteiger partial charge in [-0.2, -0.15) is 0 Å².